The number of rotatable bonds is 6. The fourth-order valence-corrected chi connectivity index (χ4v) is 1.85. The van der Waals surface area contributed by atoms with E-state index in [1.54, 1.807) is 6.92 Å². The fourth-order valence-electron chi connectivity index (χ4n) is 1.85. The summed E-state index contributed by atoms with van der Waals surface area (Å²) in [5.74, 6) is -0.528. The number of hydrogen-bond acceptors (Lipinski definition) is 3. The Morgan fingerprint density at radius 3 is 2.56 bits per heavy atom. The summed E-state index contributed by atoms with van der Waals surface area (Å²) in [5.41, 5.74) is 6.16. The van der Waals surface area contributed by atoms with E-state index >= 15 is 0 Å². The Morgan fingerprint density at radius 1 is 1.39 bits per heavy atom. The number of aliphatic hydroxyl groups excluding tert-OH is 1. The molecule has 1 atom stereocenters. The standard InChI is InChI=1S/C12H17F3N2O/c1-8(16)12-9(13)3-2-4-10(12)17(5-6-18)7-11(14)15/h2-4,8,11,18H,5-7,16H2,1H3. The van der Waals surface area contributed by atoms with Crippen LogP contribution in [0, 0.1) is 5.82 Å². The number of hydrogen-bond donors (Lipinski definition) is 2. The van der Waals surface area contributed by atoms with Gasteiger partial charge >= 0.3 is 0 Å². The van der Waals surface area contributed by atoms with Crippen molar-refractivity contribution in [2.24, 2.45) is 5.73 Å². The number of nitrogens with zero attached hydrogens (tertiary/aromatic N) is 1. The second-order valence-corrected chi connectivity index (χ2v) is 4.02. The molecule has 0 fully saturated rings. The van der Waals surface area contributed by atoms with Crippen LogP contribution in [-0.4, -0.2) is 31.2 Å². The molecule has 1 unspecified atom stereocenters. The molecule has 3 nitrogen and oxygen atoms in total. The Balaban J connectivity index is 3.14. The van der Waals surface area contributed by atoms with Gasteiger partial charge in [0.05, 0.1) is 13.2 Å². The molecule has 102 valence electrons. The maximum Gasteiger partial charge on any atom is 0.255 e. The predicted octanol–water partition coefficient (Wildman–Crippen LogP) is 1.91. The van der Waals surface area contributed by atoms with Crippen LogP contribution < -0.4 is 10.6 Å². The highest BCUT2D eigenvalue weighted by Crippen LogP contribution is 2.28. The monoisotopic (exact) mass is 262 g/mol. The van der Waals surface area contributed by atoms with E-state index in [1.165, 1.54) is 23.1 Å². The number of nitrogens with two attached hydrogens (primary N) is 1. The van der Waals surface area contributed by atoms with E-state index in [4.69, 9.17) is 10.8 Å². The van der Waals surface area contributed by atoms with Crippen LogP contribution in [0.3, 0.4) is 0 Å². The Hall–Kier alpha value is -1.27. The summed E-state index contributed by atoms with van der Waals surface area (Å²) in [6.45, 7) is 0.736. The van der Waals surface area contributed by atoms with Gasteiger partial charge in [-0.3, -0.25) is 0 Å². The quantitative estimate of drug-likeness (QED) is 0.823. The van der Waals surface area contributed by atoms with Crippen molar-refractivity contribution in [1.82, 2.24) is 0 Å². The van der Waals surface area contributed by atoms with E-state index in [0.29, 0.717) is 5.69 Å². The molecule has 0 aliphatic rings. The topological polar surface area (TPSA) is 49.5 Å². The van der Waals surface area contributed by atoms with Gasteiger partial charge in [-0.2, -0.15) is 0 Å². The normalized spacial score (nSPS) is 12.8. The summed E-state index contributed by atoms with van der Waals surface area (Å²) in [5, 5.41) is 8.90. The lowest BCUT2D eigenvalue weighted by Gasteiger charge is -2.27. The lowest BCUT2D eigenvalue weighted by molar-refractivity contribution is 0.152. The van der Waals surface area contributed by atoms with Crippen molar-refractivity contribution in [1.29, 1.82) is 0 Å². The van der Waals surface area contributed by atoms with Gasteiger partial charge in [-0.1, -0.05) is 6.07 Å². The zero-order valence-corrected chi connectivity index (χ0v) is 10.1. The highest BCUT2D eigenvalue weighted by Gasteiger charge is 2.19. The SMILES string of the molecule is CC(N)c1c(F)cccc1N(CCO)CC(F)F. The largest absolute Gasteiger partial charge is 0.395 e. The summed E-state index contributed by atoms with van der Waals surface area (Å²) in [7, 11) is 0. The molecule has 0 spiro atoms. The number of anilines is 1. The van der Waals surface area contributed by atoms with Crippen molar-refractivity contribution in [3.05, 3.63) is 29.6 Å². The molecule has 0 saturated carbocycles. The lowest BCUT2D eigenvalue weighted by atomic mass is 10.0. The van der Waals surface area contributed by atoms with E-state index in [0.717, 1.165) is 0 Å². The Kier molecular flexibility index (Phi) is 5.43. The zero-order chi connectivity index (χ0) is 13.7. The molecule has 3 N–H and O–H groups in total. The first-order valence-electron chi connectivity index (χ1n) is 5.65. The first-order valence-corrected chi connectivity index (χ1v) is 5.65. The van der Waals surface area contributed by atoms with Crippen molar-refractivity contribution < 1.29 is 18.3 Å². The van der Waals surface area contributed by atoms with Gasteiger partial charge in [0.25, 0.3) is 6.43 Å². The lowest BCUT2D eigenvalue weighted by Crippen LogP contribution is -2.33. The highest BCUT2D eigenvalue weighted by atomic mass is 19.3. The molecule has 1 aromatic carbocycles. The average molecular weight is 262 g/mol. The van der Waals surface area contributed by atoms with Gasteiger partial charge in [-0.25, -0.2) is 13.2 Å². The molecular weight excluding hydrogens is 245 g/mol. The van der Waals surface area contributed by atoms with Gasteiger partial charge in [0.2, 0.25) is 0 Å². The minimum absolute atomic E-state index is 0.00745. The fraction of sp³-hybridized carbons (Fsp3) is 0.500. The second kappa shape index (κ2) is 6.61. The molecule has 0 aliphatic carbocycles. The molecule has 1 aromatic rings. The molecule has 0 heterocycles. The van der Waals surface area contributed by atoms with Crippen molar-refractivity contribution in [2.45, 2.75) is 19.4 Å². The van der Waals surface area contributed by atoms with Crippen molar-refractivity contribution >= 4 is 5.69 Å². The van der Waals surface area contributed by atoms with Crippen LogP contribution >= 0.6 is 0 Å². The first-order chi connectivity index (χ1) is 8.47. The Bertz CT molecular complexity index is 386. The third-order valence-corrected chi connectivity index (χ3v) is 2.55. The summed E-state index contributed by atoms with van der Waals surface area (Å²) >= 11 is 0. The van der Waals surface area contributed by atoms with E-state index in [2.05, 4.69) is 0 Å². The van der Waals surface area contributed by atoms with Crippen molar-refractivity contribution in [3.63, 3.8) is 0 Å². The Morgan fingerprint density at radius 2 is 2.06 bits per heavy atom. The summed E-state index contributed by atoms with van der Waals surface area (Å²) < 4.78 is 38.6. The van der Waals surface area contributed by atoms with Gasteiger partial charge in [-0.15, -0.1) is 0 Å². The number of benzene rings is 1. The molecular formula is C12H17F3N2O. The third kappa shape index (κ3) is 3.61. The summed E-state index contributed by atoms with van der Waals surface area (Å²) in [4.78, 5) is 1.24. The third-order valence-electron chi connectivity index (χ3n) is 2.55. The average Bonchev–Trinajstić information content (AvgIpc) is 2.27. The van der Waals surface area contributed by atoms with E-state index < -0.39 is 24.8 Å². The number of aliphatic hydroxyl groups is 1. The summed E-state index contributed by atoms with van der Waals surface area (Å²) in [6.07, 6.45) is -2.57. The van der Waals surface area contributed by atoms with Gasteiger partial charge in [0.1, 0.15) is 5.82 Å². The molecule has 0 saturated heterocycles. The van der Waals surface area contributed by atoms with E-state index in [9.17, 15) is 13.2 Å². The van der Waals surface area contributed by atoms with Crippen LogP contribution in [0.25, 0.3) is 0 Å². The molecule has 1 rings (SSSR count). The van der Waals surface area contributed by atoms with Crippen LogP contribution in [0.2, 0.25) is 0 Å². The second-order valence-electron chi connectivity index (χ2n) is 4.02. The van der Waals surface area contributed by atoms with Crippen LogP contribution in [0.15, 0.2) is 18.2 Å². The molecule has 0 radical (unpaired) electrons. The zero-order valence-electron chi connectivity index (χ0n) is 10.1. The molecule has 0 aliphatic heterocycles. The minimum atomic E-state index is -2.57. The van der Waals surface area contributed by atoms with Crippen molar-refractivity contribution in [2.75, 3.05) is 24.6 Å². The maximum absolute atomic E-state index is 13.7. The van der Waals surface area contributed by atoms with Gasteiger partial charge < -0.3 is 15.7 Å². The predicted molar refractivity (Wildman–Crippen MR) is 64.3 cm³/mol. The summed E-state index contributed by atoms with van der Waals surface area (Å²) in [6, 6.07) is 3.59. The maximum atomic E-state index is 13.7. The number of alkyl halides is 2. The van der Waals surface area contributed by atoms with E-state index in [1.807, 2.05) is 0 Å². The molecule has 0 amide bonds. The van der Waals surface area contributed by atoms with Crippen LogP contribution in [0.4, 0.5) is 18.9 Å². The highest BCUT2D eigenvalue weighted by molar-refractivity contribution is 5.55. The molecule has 18 heavy (non-hydrogen) atoms. The van der Waals surface area contributed by atoms with E-state index in [-0.39, 0.29) is 18.7 Å². The van der Waals surface area contributed by atoms with Crippen LogP contribution in [0.1, 0.15) is 18.5 Å². The van der Waals surface area contributed by atoms with Crippen molar-refractivity contribution in [3.8, 4) is 0 Å². The van der Waals surface area contributed by atoms with Gasteiger partial charge in [-0.05, 0) is 19.1 Å². The van der Waals surface area contributed by atoms with Crippen LogP contribution in [0.5, 0.6) is 0 Å². The van der Waals surface area contributed by atoms with Gasteiger partial charge in [0, 0.05) is 23.8 Å². The molecule has 0 aromatic heterocycles. The first kappa shape index (κ1) is 14.8. The molecule has 6 heteroatoms. The Labute approximate surface area is 104 Å². The van der Waals surface area contributed by atoms with Gasteiger partial charge in [0.15, 0.2) is 0 Å². The molecule has 0 bridgehead atoms. The van der Waals surface area contributed by atoms with Crippen LogP contribution in [-0.2, 0) is 0 Å². The number of halogens is 3. The smallest absolute Gasteiger partial charge is 0.255 e. The minimum Gasteiger partial charge on any atom is -0.395 e.